The molecule has 0 atom stereocenters. The molecule has 0 saturated heterocycles. The number of nitrogens with zero attached hydrogens (tertiary/aromatic N) is 6. The zero-order valence-electron chi connectivity index (χ0n) is 17.3. The van der Waals surface area contributed by atoms with Crippen molar-refractivity contribution in [1.82, 2.24) is 34.7 Å². The van der Waals surface area contributed by atoms with Crippen molar-refractivity contribution in [2.75, 3.05) is 20.6 Å². The summed E-state index contributed by atoms with van der Waals surface area (Å²) in [5.41, 5.74) is 3.23. The minimum atomic E-state index is -0.166. The van der Waals surface area contributed by atoms with E-state index in [2.05, 4.69) is 29.4 Å². The van der Waals surface area contributed by atoms with Crippen LogP contribution in [0.1, 0.15) is 41.4 Å². The highest BCUT2D eigenvalue weighted by atomic mass is 16.2. The average Bonchev–Trinajstić information content (AvgIpc) is 3.20. The topological polar surface area (TPSA) is 88.3 Å². The Labute approximate surface area is 165 Å². The molecule has 0 saturated carbocycles. The molecule has 0 unspecified atom stereocenters. The summed E-state index contributed by atoms with van der Waals surface area (Å²) in [4.78, 5) is 28.1. The second-order valence-corrected chi connectivity index (χ2v) is 7.87. The molecular weight excluding hydrogens is 358 g/mol. The van der Waals surface area contributed by atoms with Crippen molar-refractivity contribution in [3.05, 3.63) is 34.9 Å². The van der Waals surface area contributed by atoms with Crippen LogP contribution in [0.15, 0.2) is 12.1 Å². The lowest BCUT2D eigenvalue weighted by Gasteiger charge is -2.29. The van der Waals surface area contributed by atoms with Crippen LogP contribution in [0.2, 0.25) is 0 Å². The molecule has 2 aromatic heterocycles. The van der Waals surface area contributed by atoms with E-state index in [0.29, 0.717) is 37.8 Å². The molecule has 3 heterocycles. The molecule has 0 fully saturated rings. The van der Waals surface area contributed by atoms with Gasteiger partial charge in [0.15, 0.2) is 0 Å². The molecule has 9 nitrogen and oxygen atoms in total. The first-order valence-corrected chi connectivity index (χ1v) is 9.57. The van der Waals surface area contributed by atoms with E-state index in [4.69, 9.17) is 0 Å². The highest BCUT2D eigenvalue weighted by Crippen LogP contribution is 2.15. The molecule has 3 rings (SSSR count). The molecule has 152 valence electrons. The van der Waals surface area contributed by atoms with Gasteiger partial charge in [-0.2, -0.15) is 10.2 Å². The number of nitrogens with one attached hydrogen (secondary N) is 1. The first-order valence-electron chi connectivity index (χ1n) is 9.57. The lowest BCUT2D eigenvalue weighted by molar-refractivity contribution is 0.0940. The van der Waals surface area contributed by atoms with Gasteiger partial charge in [-0.15, -0.1) is 0 Å². The Hall–Kier alpha value is -2.84. The SMILES string of the molecule is CC(C)Cc1cc(C(=O)NCc2cc3n(n2)CCN(C(=O)N(C)C)C3)n(C)n1. The van der Waals surface area contributed by atoms with Crippen LogP contribution in [0, 0.1) is 5.92 Å². The van der Waals surface area contributed by atoms with Gasteiger partial charge in [-0.3, -0.25) is 14.2 Å². The molecule has 0 bridgehead atoms. The molecule has 9 heteroatoms. The number of rotatable bonds is 5. The highest BCUT2D eigenvalue weighted by Gasteiger charge is 2.23. The quantitative estimate of drug-likeness (QED) is 0.836. The zero-order valence-corrected chi connectivity index (χ0v) is 17.3. The smallest absolute Gasteiger partial charge is 0.319 e. The van der Waals surface area contributed by atoms with E-state index in [1.54, 1.807) is 35.6 Å². The van der Waals surface area contributed by atoms with Crippen molar-refractivity contribution in [2.45, 2.75) is 39.9 Å². The highest BCUT2D eigenvalue weighted by molar-refractivity contribution is 5.92. The predicted octanol–water partition coefficient (Wildman–Crippen LogP) is 1.24. The fourth-order valence-electron chi connectivity index (χ4n) is 3.38. The number of hydrogen-bond donors (Lipinski definition) is 1. The van der Waals surface area contributed by atoms with Crippen LogP contribution in [-0.4, -0.2) is 61.9 Å². The third-order valence-electron chi connectivity index (χ3n) is 4.71. The Morgan fingerprint density at radius 2 is 1.93 bits per heavy atom. The lowest BCUT2D eigenvalue weighted by Crippen LogP contribution is -2.43. The van der Waals surface area contributed by atoms with Gasteiger partial charge in [0.2, 0.25) is 0 Å². The lowest BCUT2D eigenvalue weighted by atomic mass is 10.1. The molecule has 0 aliphatic carbocycles. The van der Waals surface area contributed by atoms with Crippen LogP contribution in [0.4, 0.5) is 4.79 Å². The number of hydrogen-bond acceptors (Lipinski definition) is 4. The third kappa shape index (κ3) is 4.35. The van der Waals surface area contributed by atoms with E-state index in [0.717, 1.165) is 23.5 Å². The Balaban J connectivity index is 1.61. The molecule has 1 aliphatic heterocycles. The van der Waals surface area contributed by atoms with Gasteiger partial charge in [-0.05, 0) is 24.5 Å². The fraction of sp³-hybridized carbons (Fsp3) is 0.579. The summed E-state index contributed by atoms with van der Waals surface area (Å²) in [7, 11) is 5.28. The van der Waals surface area contributed by atoms with E-state index in [1.807, 2.05) is 16.8 Å². The number of carbonyl (C=O) groups is 2. The summed E-state index contributed by atoms with van der Waals surface area (Å²) in [5, 5.41) is 11.9. The van der Waals surface area contributed by atoms with Crippen molar-refractivity contribution in [1.29, 1.82) is 0 Å². The van der Waals surface area contributed by atoms with Crippen LogP contribution in [-0.2, 0) is 33.1 Å². The largest absolute Gasteiger partial charge is 0.345 e. The summed E-state index contributed by atoms with van der Waals surface area (Å²) < 4.78 is 3.53. The maximum atomic E-state index is 12.5. The van der Waals surface area contributed by atoms with Gasteiger partial charge in [-0.25, -0.2) is 4.79 Å². The normalized spacial score (nSPS) is 13.6. The number of urea groups is 1. The number of amides is 3. The van der Waals surface area contributed by atoms with Crippen LogP contribution in [0.3, 0.4) is 0 Å². The van der Waals surface area contributed by atoms with Crippen molar-refractivity contribution in [2.24, 2.45) is 13.0 Å². The minimum absolute atomic E-state index is 0.00397. The Morgan fingerprint density at radius 3 is 2.61 bits per heavy atom. The molecule has 0 spiro atoms. The standard InChI is InChI=1S/C19H29N7O2/c1-13(2)8-14-10-17(24(5)21-14)18(27)20-11-15-9-16-12-25(19(28)23(3)4)6-7-26(16)22-15/h9-10,13H,6-8,11-12H2,1-5H3,(H,20,27). The minimum Gasteiger partial charge on any atom is -0.345 e. The fourth-order valence-corrected chi connectivity index (χ4v) is 3.38. The van der Waals surface area contributed by atoms with Crippen molar-refractivity contribution in [3.63, 3.8) is 0 Å². The second kappa shape index (κ2) is 8.04. The third-order valence-corrected chi connectivity index (χ3v) is 4.71. The number of carbonyl (C=O) groups excluding carboxylic acids is 2. The molecule has 3 amide bonds. The summed E-state index contributed by atoms with van der Waals surface area (Å²) in [6.07, 6.45) is 0.844. The van der Waals surface area contributed by atoms with Gasteiger partial charge in [0.25, 0.3) is 5.91 Å². The van der Waals surface area contributed by atoms with Crippen molar-refractivity contribution >= 4 is 11.9 Å². The molecule has 2 aromatic rings. The summed E-state index contributed by atoms with van der Waals surface area (Å²) in [5.74, 6) is 0.321. The number of aryl methyl sites for hydroxylation is 1. The van der Waals surface area contributed by atoms with Gasteiger partial charge >= 0.3 is 6.03 Å². The number of fused-ring (bicyclic) bond motifs is 1. The van der Waals surface area contributed by atoms with E-state index in [1.165, 1.54) is 0 Å². The molecule has 28 heavy (non-hydrogen) atoms. The van der Waals surface area contributed by atoms with E-state index < -0.39 is 0 Å². The van der Waals surface area contributed by atoms with Crippen LogP contribution in [0.5, 0.6) is 0 Å². The van der Waals surface area contributed by atoms with Gasteiger partial charge in [0.05, 0.1) is 36.7 Å². The maximum absolute atomic E-state index is 12.5. The van der Waals surface area contributed by atoms with Crippen LogP contribution >= 0.6 is 0 Å². The predicted molar refractivity (Wildman–Crippen MR) is 105 cm³/mol. The molecule has 0 aromatic carbocycles. The van der Waals surface area contributed by atoms with Crippen LogP contribution < -0.4 is 5.32 Å². The maximum Gasteiger partial charge on any atom is 0.319 e. The Morgan fingerprint density at radius 1 is 1.18 bits per heavy atom. The Kier molecular flexibility index (Phi) is 5.71. The first-order chi connectivity index (χ1) is 13.2. The number of aromatic nitrogens is 4. The second-order valence-electron chi connectivity index (χ2n) is 7.87. The zero-order chi connectivity index (χ0) is 20.4. The van der Waals surface area contributed by atoms with E-state index >= 15 is 0 Å². The summed E-state index contributed by atoms with van der Waals surface area (Å²) in [6, 6.07) is 3.79. The molecule has 0 radical (unpaired) electrons. The first kappa shape index (κ1) is 19.9. The van der Waals surface area contributed by atoms with Gasteiger partial charge < -0.3 is 15.1 Å². The van der Waals surface area contributed by atoms with Gasteiger partial charge in [0, 0.05) is 27.7 Å². The van der Waals surface area contributed by atoms with E-state index in [9.17, 15) is 9.59 Å². The summed E-state index contributed by atoms with van der Waals surface area (Å²) >= 11 is 0. The molecule has 1 N–H and O–H groups in total. The van der Waals surface area contributed by atoms with Crippen LogP contribution in [0.25, 0.3) is 0 Å². The van der Waals surface area contributed by atoms with Gasteiger partial charge in [-0.1, -0.05) is 13.8 Å². The average molecular weight is 387 g/mol. The molecular formula is C19H29N7O2. The van der Waals surface area contributed by atoms with Crippen molar-refractivity contribution < 1.29 is 9.59 Å². The molecule has 1 aliphatic rings. The van der Waals surface area contributed by atoms with Crippen molar-refractivity contribution in [3.8, 4) is 0 Å². The monoisotopic (exact) mass is 387 g/mol. The summed E-state index contributed by atoms with van der Waals surface area (Å²) in [6.45, 7) is 6.40. The van der Waals surface area contributed by atoms with E-state index in [-0.39, 0.29) is 11.9 Å². The Bertz CT molecular complexity index is 866. The van der Waals surface area contributed by atoms with Gasteiger partial charge in [0.1, 0.15) is 5.69 Å².